The maximum atomic E-state index is 6.29. The molecular weight excluding hydrogens is 332 g/mol. The van der Waals surface area contributed by atoms with E-state index in [9.17, 15) is 0 Å². The van der Waals surface area contributed by atoms with E-state index in [-0.39, 0.29) is 0 Å². The smallest absolute Gasteiger partial charge is 0.123 e. The molecule has 1 fully saturated rings. The summed E-state index contributed by atoms with van der Waals surface area (Å²) in [5.74, 6) is 1.14. The van der Waals surface area contributed by atoms with Crippen molar-refractivity contribution in [2.24, 2.45) is 7.05 Å². The first-order valence-electron chi connectivity index (χ1n) is 8.79. The summed E-state index contributed by atoms with van der Waals surface area (Å²) in [5.41, 5.74) is 3.50. The van der Waals surface area contributed by atoms with Crippen molar-refractivity contribution >= 4 is 22.6 Å². The van der Waals surface area contributed by atoms with Gasteiger partial charge in [-0.05, 0) is 23.8 Å². The first-order chi connectivity index (χ1) is 12.2. The lowest BCUT2D eigenvalue weighted by Gasteiger charge is -2.34. The van der Waals surface area contributed by atoms with Crippen LogP contribution in [0.1, 0.15) is 11.4 Å². The van der Waals surface area contributed by atoms with Crippen molar-refractivity contribution in [1.82, 2.24) is 19.4 Å². The molecule has 0 radical (unpaired) electrons. The van der Waals surface area contributed by atoms with E-state index in [1.54, 1.807) is 0 Å². The molecule has 0 bridgehead atoms. The number of hydrogen-bond donors (Lipinski definition) is 0. The van der Waals surface area contributed by atoms with Gasteiger partial charge in [0.25, 0.3) is 0 Å². The van der Waals surface area contributed by atoms with E-state index < -0.39 is 0 Å². The topological polar surface area (TPSA) is 24.3 Å². The number of aromatic nitrogens is 2. The van der Waals surface area contributed by atoms with Gasteiger partial charge in [0.1, 0.15) is 5.82 Å². The minimum atomic E-state index is 0.865. The Morgan fingerprint density at radius 1 is 0.880 bits per heavy atom. The molecule has 0 spiro atoms. The highest BCUT2D eigenvalue weighted by atomic mass is 35.5. The van der Waals surface area contributed by atoms with Crippen molar-refractivity contribution in [3.8, 4) is 0 Å². The maximum absolute atomic E-state index is 6.29. The van der Waals surface area contributed by atoms with Crippen LogP contribution in [0.3, 0.4) is 0 Å². The second-order valence-electron chi connectivity index (χ2n) is 6.72. The Morgan fingerprint density at radius 3 is 2.24 bits per heavy atom. The molecule has 0 N–H and O–H groups in total. The van der Waals surface area contributed by atoms with Crippen LogP contribution in [0.25, 0.3) is 11.0 Å². The van der Waals surface area contributed by atoms with Crippen molar-refractivity contribution < 1.29 is 0 Å². The lowest BCUT2D eigenvalue weighted by atomic mass is 10.2. The second kappa shape index (κ2) is 7.16. The number of benzene rings is 2. The summed E-state index contributed by atoms with van der Waals surface area (Å²) in [6.45, 7) is 6.09. The van der Waals surface area contributed by atoms with Crippen LogP contribution in [0.5, 0.6) is 0 Å². The van der Waals surface area contributed by atoms with Crippen LogP contribution in [0.4, 0.5) is 0 Å². The fourth-order valence-corrected chi connectivity index (χ4v) is 3.71. The van der Waals surface area contributed by atoms with Crippen LogP contribution in [0.2, 0.25) is 5.02 Å². The van der Waals surface area contributed by atoms with E-state index in [1.165, 1.54) is 11.1 Å². The largest absolute Gasteiger partial charge is 0.330 e. The lowest BCUT2D eigenvalue weighted by molar-refractivity contribution is 0.119. The van der Waals surface area contributed by atoms with Gasteiger partial charge < -0.3 is 4.57 Å². The van der Waals surface area contributed by atoms with E-state index in [4.69, 9.17) is 16.6 Å². The molecule has 3 aromatic rings. The average Bonchev–Trinajstić information content (AvgIpc) is 2.95. The highest BCUT2D eigenvalue weighted by Gasteiger charge is 2.19. The zero-order valence-electron chi connectivity index (χ0n) is 14.5. The van der Waals surface area contributed by atoms with Crippen LogP contribution in [-0.2, 0) is 20.1 Å². The molecule has 25 heavy (non-hydrogen) atoms. The summed E-state index contributed by atoms with van der Waals surface area (Å²) in [5, 5.41) is 0.865. The van der Waals surface area contributed by atoms with E-state index in [2.05, 4.69) is 51.7 Å². The minimum absolute atomic E-state index is 0.865. The molecule has 4 rings (SSSR count). The van der Waals surface area contributed by atoms with Gasteiger partial charge in [-0.25, -0.2) is 4.98 Å². The quantitative estimate of drug-likeness (QED) is 0.716. The number of para-hydroxylation sites is 2. The Labute approximate surface area is 153 Å². The Hall–Kier alpha value is -1.88. The molecular formula is C20H23ClN4. The number of imidazole rings is 1. The number of rotatable bonds is 4. The third kappa shape index (κ3) is 3.56. The van der Waals surface area contributed by atoms with Crippen molar-refractivity contribution in [2.45, 2.75) is 13.1 Å². The van der Waals surface area contributed by atoms with Crippen LogP contribution >= 0.6 is 11.6 Å². The Bertz CT molecular complexity index is 865. The molecule has 2 heterocycles. The summed E-state index contributed by atoms with van der Waals surface area (Å²) < 4.78 is 2.21. The zero-order valence-corrected chi connectivity index (χ0v) is 15.3. The normalized spacial score (nSPS) is 16.6. The number of aryl methyl sites for hydroxylation is 1. The van der Waals surface area contributed by atoms with Gasteiger partial charge in [-0.3, -0.25) is 9.80 Å². The Kier molecular flexibility index (Phi) is 4.75. The van der Waals surface area contributed by atoms with Gasteiger partial charge in [0.15, 0.2) is 0 Å². The zero-order chi connectivity index (χ0) is 17.2. The summed E-state index contributed by atoms with van der Waals surface area (Å²) in [6.07, 6.45) is 0. The molecule has 0 aliphatic carbocycles. The maximum Gasteiger partial charge on any atom is 0.123 e. The van der Waals surface area contributed by atoms with Gasteiger partial charge in [-0.2, -0.15) is 0 Å². The van der Waals surface area contributed by atoms with E-state index >= 15 is 0 Å². The van der Waals surface area contributed by atoms with E-state index in [0.717, 1.165) is 55.6 Å². The Morgan fingerprint density at radius 2 is 1.52 bits per heavy atom. The van der Waals surface area contributed by atoms with Gasteiger partial charge >= 0.3 is 0 Å². The highest BCUT2D eigenvalue weighted by Crippen LogP contribution is 2.19. The second-order valence-corrected chi connectivity index (χ2v) is 7.13. The third-order valence-corrected chi connectivity index (χ3v) is 5.43. The SMILES string of the molecule is Cn1c(CN2CCN(Cc3ccccc3Cl)CC2)nc2ccccc21. The van der Waals surface area contributed by atoms with Crippen LogP contribution < -0.4 is 0 Å². The van der Waals surface area contributed by atoms with Gasteiger partial charge in [-0.15, -0.1) is 0 Å². The molecule has 2 aromatic carbocycles. The van der Waals surface area contributed by atoms with Gasteiger partial charge in [0.05, 0.1) is 17.6 Å². The summed E-state index contributed by atoms with van der Waals surface area (Å²) in [7, 11) is 2.11. The molecule has 0 amide bonds. The van der Waals surface area contributed by atoms with Crippen molar-refractivity contribution in [1.29, 1.82) is 0 Å². The average molecular weight is 355 g/mol. The Balaban J connectivity index is 1.37. The fourth-order valence-electron chi connectivity index (χ4n) is 3.51. The first kappa shape index (κ1) is 16.6. The van der Waals surface area contributed by atoms with Crippen LogP contribution in [0.15, 0.2) is 48.5 Å². The molecule has 0 atom stereocenters. The molecule has 5 heteroatoms. The van der Waals surface area contributed by atoms with Crippen molar-refractivity contribution in [3.05, 3.63) is 64.9 Å². The number of fused-ring (bicyclic) bond motifs is 1. The lowest BCUT2D eigenvalue weighted by Crippen LogP contribution is -2.45. The van der Waals surface area contributed by atoms with Crippen LogP contribution in [-0.4, -0.2) is 45.5 Å². The number of nitrogens with zero attached hydrogens (tertiary/aromatic N) is 4. The van der Waals surface area contributed by atoms with Crippen molar-refractivity contribution in [3.63, 3.8) is 0 Å². The summed E-state index contributed by atoms with van der Waals surface area (Å²) >= 11 is 6.29. The molecule has 1 aliphatic heterocycles. The summed E-state index contributed by atoms with van der Waals surface area (Å²) in [6, 6.07) is 16.5. The van der Waals surface area contributed by atoms with Crippen molar-refractivity contribution in [2.75, 3.05) is 26.2 Å². The predicted octanol–water partition coefficient (Wildman–Crippen LogP) is 3.54. The first-order valence-corrected chi connectivity index (χ1v) is 9.17. The fraction of sp³-hybridized carbons (Fsp3) is 0.350. The number of piperazine rings is 1. The number of halogens is 1. The monoisotopic (exact) mass is 354 g/mol. The molecule has 1 aromatic heterocycles. The van der Waals surface area contributed by atoms with Gasteiger partial charge in [0, 0.05) is 44.8 Å². The molecule has 0 unspecified atom stereocenters. The standard InChI is InChI=1S/C20H23ClN4/c1-23-19-9-5-4-8-18(19)22-20(23)15-25-12-10-24(11-13-25)14-16-6-2-3-7-17(16)21/h2-9H,10-15H2,1H3. The highest BCUT2D eigenvalue weighted by molar-refractivity contribution is 6.31. The molecule has 1 saturated heterocycles. The van der Waals surface area contributed by atoms with E-state index in [1.807, 2.05) is 18.2 Å². The molecule has 1 aliphatic rings. The molecule has 130 valence electrons. The van der Waals surface area contributed by atoms with Crippen LogP contribution in [0, 0.1) is 0 Å². The van der Waals surface area contributed by atoms with Gasteiger partial charge in [0.2, 0.25) is 0 Å². The summed E-state index contributed by atoms with van der Waals surface area (Å²) in [4.78, 5) is 9.76. The minimum Gasteiger partial charge on any atom is -0.330 e. The number of hydrogen-bond acceptors (Lipinski definition) is 3. The predicted molar refractivity (Wildman–Crippen MR) is 103 cm³/mol. The molecule has 4 nitrogen and oxygen atoms in total. The molecule has 0 saturated carbocycles. The van der Waals surface area contributed by atoms with E-state index in [0.29, 0.717) is 0 Å². The van der Waals surface area contributed by atoms with Gasteiger partial charge in [-0.1, -0.05) is 41.9 Å². The third-order valence-electron chi connectivity index (χ3n) is 5.06.